The molecule has 1 unspecified atom stereocenters. The van der Waals surface area contributed by atoms with E-state index in [1.165, 1.54) is 4.90 Å². The zero-order valence-electron chi connectivity index (χ0n) is 10.6. The second-order valence-electron chi connectivity index (χ2n) is 4.58. The average molecular weight is 263 g/mol. The molecule has 1 amide bonds. The van der Waals surface area contributed by atoms with E-state index in [1.807, 2.05) is 30.3 Å². The number of hydrogen-bond acceptors (Lipinski definition) is 3. The fourth-order valence-electron chi connectivity index (χ4n) is 2.23. The fourth-order valence-corrected chi connectivity index (χ4v) is 2.23. The van der Waals surface area contributed by atoms with Crippen molar-refractivity contribution in [3.8, 4) is 0 Å². The van der Waals surface area contributed by atoms with E-state index in [0.717, 1.165) is 18.4 Å². The highest BCUT2D eigenvalue weighted by Gasteiger charge is 2.33. The molecule has 1 N–H and O–H groups in total. The molecule has 0 aromatic heterocycles. The number of amides is 1. The Kier molecular flexibility index (Phi) is 4.39. The van der Waals surface area contributed by atoms with E-state index < -0.39 is 18.1 Å². The van der Waals surface area contributed by atoms with Crippen LogP contribution in [0.2, 0.25) is 0 Å². The fraction of sp³-hybridized carbons (Fsp3) is 0.429. The lowest BCUT2D eigenvalue weighted by molar-refractivity contribution is -0.151. The number of hydrogen-bond donors (Lipinski definition) is 1. The number of piperidine rings is 1. The molecule has 5 heteroatoms. The summed E-state index contributed by atoms with van der Waals surface area (Å²) >= 11 is 0. The third-order valence-electron chi connectivity index (χ3n) is 3.24. The van der Waals surface area contributed by atoms with E-state index in [-0.39, 0.29) is 6.61 Å². The van der Waals surface area contributed by atoms with E-state index in [9.17, 15) is 9.59 Å². The Labute approximate surface area is 111 Å². The summed E-state index contributed by atoms with van der Waals surface area (Å²) < 4.78 is 5.20. The number of esters is 1. The monoisotopic (exact) mass is 263 g/mol. The second kappa shape index (κ2) is 6.22. The van der Waals surface area contributed by atoms with Gasteiger partial charge in [0.15, 0.2) is 0 Å². The minimum absolute atomic E-state index is 0.184. The summed E-state index contributed by atoms with van der Waals surface area (Å²) in [4.78, 5) is 24.2. The van der Waals surface area contributed by atoms with Gasteiger partial charge in [-0.15, -0.1) is 0 Å². The van der Waals surface area contributed by atoms with Gasteiger partial charge in [0.25, 0.3) is 0 Å². The zero-order chi connectivity index (χ0) is 13.7. The van der Waals surface area contributed by atoms with E-state index in [2.05, 4.69) is 0 Å². The van der Waals surface area contributed by atoms with Gasteiger partial charge in [-0.25, -0.2) is 9.59 Å². The summed E-state index contributed by atoms with van der Waals surface area (Å²) in [7, 11) is 0. The maximum absolute atomic E-state index is 12.0. The number of ether oxygens (including phenoxy) is 1. The van der Waals surface area contributed by atoms with Gasteiger partial charge >= 0.3 is 12.1 Å². The van der Waals surface area contributed by atoms with Gasteiger partial charge in [0, 0.05) is 6.54 Å². The topological polar surface area (TPSA) is 66.8 Å². The van der Waals surface area contributed by atoms with Gasteiger partial charge in [-0.1, -0.05) is 30.3 Å². The zero-order valence-corrected chi connectivity index (χ0v) is 10.6. The van der Waals surface area contributed by atoms with Gasteiger partial charge in [-0.2, -0.15) is 0 Å². The lowest BCUT2D eigenvalue weighted by atomic mass is 10.0. The molecule has 0 spiro atoms. The summed E-state index contributed by atoms with van der Waals surface area (Å²) in [5.41, 5.74) is 0.897. The summed E-state index contributed by atoms with van der Waals surface area (Å²) in [6, 6.07) is 8.70. The Morgan fingerprint density at radius 1 is 1.26 bits per heavy atom. The first-order chi connectivity index (χ1) is 9.18. The first kappa shape index (κ1) is 13.4. The first-order valence-electron chi connectivity index (χ1n) is 6.38. The number of benzene rings is 1. The van der Waals surface area contributed by atoms with Gasteiger partial charge in [0.1, 0.15) is 12.6 Å². The van der Waals surface area contributed by atoms with Crippen LogP contribution in [0.1, 0.15) is 24.8 Å². The molecule has 19 heavy (non-hydrogen) atoms. The van der Waals surface area contributed by atoms with Crippen molar-refractivity contribution in [3.63, 3.8) is 0 Å². The number of rotatable bonds is 3. The van der Waals surface area contributed by atoms with Crippen LogP contribution in [0.15, 0.2) is 30.3 Å². The van der Waals surface area contributed by atoms with Crippen LogP contribution in [-0.4, -0.2) is 34.7 Å². The normalized spacial score (nSPS) is 18.9. The van der Waals surface area contributed by atoms with Crippen molar-refractivity contribution in [1.82, 2.24) is 4.90 Å². The highest BCUT2D eigenvalue weighted by atomic mass is 16.5. The summed E-state index contributed by atoms with van der Waals surface area (Å²) in [6.07, 6.45) is 1.14. The van der Waals surface area contributed by atoms with Crippen molar-refractivity contribution in [2.75, 3.05) is 6.54 Å². The quantitative estimate of drug-likeness (QED) is 0.849. The smallest absolute Gasteiger partial charge is 0.408 e. The second-order valence-corrected chi connectivity index (χ2v) is 4.58. The third kappa shape index (κ3) is 3.47. The van der Waals surface area contributed by atoms with E-state index in [0.29, 0.717) is 13.0 Å². The van der Waals surface area contributed by atoms with Gasteiger partial charge in [-0.3, -0.25) is 4.90 Å². The molecule has 102 valence electrons. The molecule has 1 aliphatic rings. The van der Waals surface area contributed by atoms with Crippen LogP contribution in [0, 0.1) is 0 Å². The van der Waals surface area contributed by atoms with Crippen LogP contribution in [0.5, 0.6) is 0 Å². The van der Waals surface area contributed by atoms with Crippen LogP contribution >= 0.6 is 0 Å². The lowest BCUT2D eigenvalue weighted by Crippen LogP contribution is -2.48. The van der Waals surface area contributed by atoms with Crippen molar-refractivity contribution in [2.24, 2.45) is 0 Å². The molecule has 1 atom stereocenters. The van der Waals surface area contributed by atoms with E-state index in [4.69, 9.17) is 9.84 Å². The Morgan fingerprint density at radius 3 is 2.68 bits per heavy atom. The molecule has 0 bridgehead atoms. The van der Waals surface area contributed by atoms with Gasteiger partial charge in [0.2, 0.25) is 0 Å². The minimum Gasteiger partial charge on any atom is -0.465 e. The molecule has 0 radical (unpaired) electrons. The maximum Gasteiger partial charge on any atom is 0.408 e. The average Bonchev–Trinajstić information content (AvgIpc) is 2.46. The molecule has 1 saturated heterocycles. The molecule has 1 aliphatic heterocycles. The Balaban J connectivity index is 1.93. The van der Waals surface area contributed by atoms with E-state index >= 15 is 0 Å². The molecule has 1 aromatic rings. The first-order valence-corrected chi connectivity index (χ1v) is 6.38. The highest BCUT2D eigenvalue weighted by Crippen LogP contribution is 2.18. The molecule has 0 aliphatic carbocycles. The SMILES string of the molecule is O=C(OCc1ccccc1)C1CCCCN1C(=O)O. The molecule has 0 saturated carbocycles. The molecule has 1 aromatic carbocycles. The molecule has 1 heterocycles. The lowest BCUT2D eigenvalue weighted by Gasteiger charge is -2.31. The van der Waals surface area contributed by atoms with Crippen molar-refractivity contribution < 1.29 is 19.4 Å². The van der Waals surface area contributed by atoms with Gasteiger partial charge in [-0.05, 0) is 24.8 Å². The standard InChI is InChI=1S/C14H17NO4/c16-13(19-10-11-6-2-1-3-7-11)12-8-4-5-9-15(12)14(17)18/h1-3,6-7,12H,4-5,8-10H2,(H,17,18). The van der Waals surface area contributed by atoms with Gasteiger partial charge < -0.3 is 9.84 Å². The summed E-state index contributed by atoms with van der Waals surface area (Å²) in [5, 5.41) is 9.06. The van der Waals surface area contributed by atoms with Gasteiger partial charge in [0.05, 0.1) is 0 Å². The van der Waals surface area contributed by atoms with Crippen LogP contribution < -0.4 is 0 Å². The summed E-state index contributed by atoms with van der Waals surface area (Å²) in [5.74, 6) is -0.453. The van der Waals surface area contributed by atoms with Crippen LogP contribution in [0.4, 0.5) is 4.79 Å². The number of nitrogens with zero attached hydrogens (tertiary/aromatic N) is 1. The molecule has 2 rings (SSSR count). The van der Waals surface area contributed by atoms with Crippen molar-refractivity contribution in [2.45, 2.75) is 31.9 Å². The predicted octanol–water partition coefficient (Wildman–Crippen LogP) is 2.26. The maximum atomic E-state index is 12.0. The predicted molar refractivity (Wildman–Crippen MR) is 68.6 cm³/mol. The van der Waals surface area contributed by atoms with Crippen LogP contribution in [0.25, 0.3) is 0 Å². The van der Waals surface area contributed by atoms with Crippen molar-refractivity contribution in [1.29, 1.82) is 0 Å². The van der Waals surface area contributed by atoms with Crippen molar-refractivity contribution in [3.05, 3.63) is 35.9 Å². The Morgan fingerprint density at radius 2 is 2.00 bits per heavy atom. The summed E-state index contributed by atoms with van der Waals surface area (Å²) in [6.45, 7) is 0.587. The van der Waals surface area contributed by atoms with Crippen LogP contribution in [0.3, 0.4) is 0 Å². The van der Waals surface area contributed by atoms with E-state index in [1.54, 1.807) is 0 Å². The molecular weight excluding hydrogens is 246 g/mol. The molecule has 1 fully saturated rings. The number of carbonyl (C=O) groups excluding carboxylic acids is 1. The molecular formula is C14H17NO4. The Hall–Kier alpha value is -2.04. The largest absolute Gasteiger partial charge is 0.465 e. The highest BCUT2D eigenvalue weighted by molar-refractivity contribution is 5.81. The van der Waals surface area contributed by atoms with Crippen LogP contribution in [-0.2, 0) is 16.1 Å². The number of carboxylic acid groups (broad SMARTS) is 1. The third-order valence-corrected chi connectivity index (χ3v) is 3.24. The van der Waals surface area contributed by atoms with Crippen molar-refractivity contribution >= 4 is 12.1 Å². The number of likely N-dealkylation sites (tertiary alicyclic amines) is 1. The number of carbonyl (C=O) groups is 2. The Bertz CT molecular complexity index is 446. The minimum atomic E-state index is -1.05. The molecule has 5 nitrogen and oxygen atoms in total.